The molecule has 2 heterocycles. The zero-order valence-electron chi connectivity index (χ0n) is 12.1. The first kappa shape index (κ1) is 13.4. The summed E-state index contributed by atoms with van der Waals surface area (Å²) in [5.74, 6) is 1.84. The zero-order valence-corrected chi connectivity index (χ0v) is 12.1. The molecule has 0 aliphatic heterocycles. The summed E-state index contributed by atoms with van der Waals surface area (Å²) in [5.41, 5.74) is 1.79. The summed E-state index contributed by atoms with van der Waals surface area (Å²) < 4.78 is 6.01. The number of ether oxygens (including phenoxy) is 1. The highest BCUT2D eigenvalue weighted by molar-refractivity contribution is 5.81. The molecule has 0 saturated carbocycles. The van der Waals surface area contributed by atoms with Gasteiger partial charge in [-0.05, 0) is 25.0 Å². The van der Waals surface area contributed by atoms with Crippen molar-refractivity contribution in [3.05, 3.63) is 36.0 Å². The van der Waals surface area contributed by atoms with E-state index in [4.69, 9.17) is 4.74 Å². The molecule has 0 aliphatic carbocycles. The summed E-state index contributed by atoms with van der Waals surface area (Å²) in [6.45, 7) is 4.83. The fraction of sp³-hybridized carbons (Fsp3) is 0.267. The van der Waals surface area contributed by atoms with Gasteiger partial charge in [0.25, 0.3) is 0 Å². The third-order valence-corrected chi connectivity index (χ3v) is 3.17. The lowest BCUT2D eigenvalue weighted by Crippen LogP contribution is -2.03. The average molecular weight is 283 g/mol. The van der Waals surface area contributed by atoms with Gasteiger partial charge in [0.05, 0.1) is 6.20 Å². The van der Waals surface area contributed by atoms with E-state index in [-0.39, 0.29) is 0 Å². The van der Waals surface area contributed by atoms with E-state index in [9.17, 15) is 0 Å². The number of fused-ring (bicyclic) bond motifs is 1. The van der Waals surface area contributed by atoms with Crippen LogP contribution in [0.2, 0.25) is 0 Å². The number of benzene rings is 1. The van der Waals surface area contributed by atoms with Crippen LogP contribution in [-0.2, 0) is 6.42 Å². The van der Waals surface area contributed by atoms with Gasteiger partial charge in [-0.1, -0.05) is 25.1 Å². The van der Waals surface area contributed by atoms with Crippen LogP contribution in [0.1, 0.15) is 19.4 Å². The molecule has 3 aromatic rings. The summed E-state index contributed by atoms with van der Waals surface area (Å²) in [7, 11) is 0. The van der Waals surface area contributed by atoms with E-state index in [1.807, 2.05) is 31.2 Å². The summed E-state index contributed by atoms with van der Waals surface area (Å²) in [6, 6.07) is 7.95. The van der Waals surface area contributed by atoms with Crippen molar-refractivity contribution < 1.29 is 4.74 Å². The van der Waals surface area contributed by atoms with Crippen LogP contribution < -0.4 is 10.1 Å². The minimum Gasteiger partial charge on any atom is -0.438 e. The molecular formula is C15H17N5O. The standard InChI is InChI=1S/C15H17N5O/c1-3-10-7-5-6-8-12(10)21-14-11-9-17-20-13(11)18-15(19-14)16-4-2/h5-9H,3-4H2,1-2H3,(H2,16,17,18,19,20). The van der Waals surface area contributed by atoms with Crippen LogP contribution in [0.15, 0.2) is 30.5 Å². The Bertz CT molecular complexity index is 753. The molecule has 0 unspecified atom stereocenters. The van der Waals surface area contributed by atoms with Crippen LogP contribution in [0.3, 0.4) is 0 Å². The van der Waals surface area contributed by atoms with Crippen LogP contribution in [0.4, 0.5) is 5.95 Å². The molecule has 21 heavy (non-hydrogen) atoms. The molecule has 0 bridgehead atoms. The fourth-order valence-electron chi connectivity index (χ4n) is 2.12. The third-order valence-electron chi connectivity index (χ3n) is 3.17. The predicted molar refractivity (Wildman–Crippen MR) is 81.7 cm³/mol. The molecule has 3 rings (SSSR count). The Morgan fingerprint density at radius 1 is 1.19 bits per heavy atom. The maximum atomic E-state index is 6.01. The lowest BCUT2D eigenvalue weighted by molar-refractivity contribution is 0.463. The van der Waals surface area contributed by atoms with Gasteiger partial charge in [0.15, 0.2) is 5.65 Å². The lowest BCUT2D eigenvalue weighted by Gasteiger charge is -2.10. The first-order valence-corrected chi connectivity index (χ1v) is 7.02. The second kappa shape index (κ2) is 5.78. The molecule has 0 saturated heterocycles. The van der Waals surface area contributed by atoms with Gasteiger partial charge in [-0.3, -0.25) is 5.10 Å². The van der Waals surface area contributed by atoms with E-state index >= 15 is 0 Å². The summed E-state index contributed by atoms with van der Waals surface area (Å²) in [5, 5.41) is 10.7. The maximum absolute atomic E-state index is 6.01. The Morgan fingerprint density at radius 2 is 2.05 bits per heavy atom. The van der Waals surface area contributed by atoms with Gasteiger partial charge in [0.2, 0.25) is 11.8 Å². The van der Waals surface area contributed by atoms with Crippen molar-refractivity contribution >= 4 is 17.0 Å². The Kier molecular flexibility index (Phi) is 3.68. The van der Waals surface area contributed by atoms with Gasteiger partial charge >= 0.3 is 0 Å². The third kappa shape index (κ3) is 2.65. The van der Waals surface area contributed by atoms with Crippen LogP contribution in [0.25, 0.3) is 11.0 Å². The molecular weight excluding hydrogens is 266 g/mol. The quantitative estimate of drug-likeness (QED) is 0.752. The number of nitrogens with zero attached hydrogens (tertiary/aromatic N) is 3. The maximum Gasteiger partial charge on any atom is 0.235 e. The smallest absolute Gasteiger partial charge is 0.235 e. The van der Waals surface area contributed by atoms with Crippen LogP contribution in [0.5, 0.6) is 11.6 Å². The number of hydrogen-bond acceptors (Lipinski definition) is 5. The Morgan fingerprint density at radius 3 is 2.86 bits per heavy atom. The van der Waals surface area contributed by atoms with Crippen molar-refractivity contribution in [2.24, 2.45) is 0 Å². The number of anilines is 1. The highest BCUT2D eigenvalue weighted by atomic mass is 16.5. The van der Waals surface area contributed by atoms with E-state index in [0.29, 0.717) is 17.5 Å². The van der Waals surface area contributed by atoms with E-state index < -0.39 is 0 Å². The van der Waals surface area contributed by atoms with Crippen molar-refractivity contribution in [2.45, 2.75) is 20.3 Å². The molecule has 0 amide bonds. The summed E-state index contributed by atoms with van der Waals surface area (Å²) in [4.78, 5) is 8.78. The molecule has 0 atom stereocenters. The van der Waals surface area contributed by atoms with Crippen molar-refractivity contribution in [1.82, 2.24) is 20.2 Å². The average Bonchev–Trinajstić information content (AvgIpc) is 2.97. The molecule has 1 aromatic carbocycles. The lowest BCUT2D eigenvalue weighted by atomic mass is 10.1. The first-order valence-electron chi connectivity index (χ1n) is 7.02. The first-order chi connectivity index (χ1) is 10.3. The minimum atomic E-state index is 0.505. The van der Waals surface area contributed by atoms with Crippen LogP contribution in [-0.4, -0.2) is 26.7 Å². The SMILES string of the molecule is CCNc1nc(Oc2ccccc2CC)c2cn[nH]c2n1. The predicted octanol–water partition coefficient (Wildman–Crippen LogP) is 3.14. The number of H-pyrrole nitrogens is 1. The molecule has 6 nitrogen and oxygen atoms in total. The monoisotopic (exact) mass is 283 g/mol. The molecule has 2 N–H and O–H groups in total. The molecule has 2 aromatic heterocycles. The van der Waals surface area contributed by atoms with Gasteiger partial charge in [-0.25, -0.2) is 0 Å². The van der Waals surface area contributed by atoms with E-state index in [2.05, 4.69) is 32.4 Å². The van der Waals surface area contributed by atoms with E-state index in [1.54, 1.807) is 6.20 Å². The molecule has 0 aliphatic rings. The summed E-state index contributed by atoms with van der Waals surface area (Å²) >= 11 is 0. The van der Waals surface area contributed by atoms with Crippen LogP contribution >= 0.6 is 0 Å². The number of aryl methyl sites for hydroxylation is 1. The topological polar surface area (TPSA) is 75.7 Å². The number of hydrogen-bond donors (Lipinski definition) is 2. The van der Waals surface area contributed by atoms with Crippen molar-refractivity contribution in [3.8, 4) is 11.6 Å². The van der Waals surface area contributed by atoms with Gasteiger partial charge in [0, 0.05) is 6.54 Å². The highest BCUT2D eigenvalue weighted by Gasteiger charge is 2.12. The fourth-order valence-corrected chi connectivity index (χ4v) is 2.12. The highest BCUT2D eigenvalue weighted by Crippen LogP contribution is 2.29. The molecule has 0 spiro atoms. The molecule has 108 valence electrons. The van der Waals surface area contributed by atoms with E-state index in [1.165, 1.54) is 0 Å². The van der Waals surface area contributed by atoms with E-state index in [0.717, 1.165) is 29.7 Å². The van der Waals surface area contributed by atoms with Crippen molar-refractivity contribution in [1.29, 1.82) is 0 Å². The number of aromatic nitrogens is 4. The number of aromatic amines is 1. The van der Waals surface area contributed by atoms with Crippen LogP contribution in [0, 0.1) is 0 Å². The zero-order chi connectivity index (χ0) is 14.7. The van der Waals surface area contributed by atoms with Gasteiger partial charge in [0.1, 0.15) is 11.1 Å². The normalized spacial score (nSPS) is 10.8. The van der Waals surface area contributed by atoms with Crippen molar-refractivity contribution in [3.63, 3.8) is 0 Å². The molecule has 0 fully saturated rings. The number of para-hydroxylation sites is 1. The Labute approximate surface area is 122 Å². The summed E-state index contributed by atoms with van der Waals surface area (Å²) in [6.07, 6.45) is 2.57. The number of rotatable bonds is 5. The second-order valence-electron chi connectivity index (χ2n) is 4.58. The Hall–Kier alpha value is -2.63. The van der Waals surface area contributed by atoms with Crippen molar-refractivity contribution in [2.75, 3.05) is 11.9 Å². The Balaban J connectivity index is 2.04. The molecule has 6 heteroatoms. The minimum absolute atomic E-state index is 0.505. The molecule has 0 radical (unpaired) electrons. The largest absolute Gasteiger partial charge is 0.438 e. The number of nitrogens with one attached hydrogen (secondary N) is 2. The second-order valence-corrected chi connectivity index (χ2v) is 4.58. The van der Waals surface area contributed by atoms with Gasteiger partial charge in [-0.15, -0.1) is 0 Å². The van der Waals surface area contributed by atoms with Gasteiger partial charge < -0.3 is 10.1 Å². The van der Waals surface area contributed by atoms with Gasteiger partial charge in [-0.2, -0.15) is 15.1 Å².